The van der Waals surface area contributed by atoms with Gasteiger partial charge in [0.1, 0.15) is 15.9 Å². The van der Waals surface area contributed by atoms with Gasteiger partial charge in [0, 0.05) is 25.0 Å². The standard InChI is InChI=1S/C14H15F2N3O3S.C4H9N/c1-17-23(21)11-7-19(2)12(13(11)22-3)14(20)18-8-4-5-9(15)10(16)6-8;1-2-4-5-3-1/h4-7,17H,1-3H3,(H,18,20);5H,1-4H2. The molecule has 1 aromatic heterocycles. The van der Waals surface area contributed by atoms with Crippen LogP contribution < -0.4 is 20.1 Å². The number of rotatable bonds is 5. The molecule has 1 atom stereocenters. The molecular formula is C18H24F2N4O3S. The summed E-state index contributed by atoms with van der Waals surface area (Å²) in [4.78, 5) is 12.7. The minimum absolute atomic E-state index is 0.0912. The molecule has 0 saturated carbocycles. The molecule has 0 radical (unpaired) electrons. The maximum atomic E-state index is 13.2. The zero-order chi connectivity index (χ0) is 20.7. The molecule has 0 bridgehead atoms. The van der Waals surface area contributed by atoms with Crippen molar-refractivity contribution in [2.24, 2.45) is 7.05 Å². The topological polar surface area (TPSA) is 84.4 Å². The first-order chi connectivity index (χ1) is 13.4. The number of hydrogen-bond acceptors (Lipinski definition) is 4. The molecule has 7 nitrogen and oxygen atoms in total. The highest BCUT2D eigenvalue weighted by Gasteiger charge is 2.24. The Morgan fingerprint density at radius 2 is 1.93 bits per heavy atom. The second-order valence-corrected chi connectivity index (χ2v) is 7.38. The Balaban J connectivity index is 0.000000485. The Hall–Kier alpha value is -2.30. The number of carbonyl (C=O) groups excluding carboxylic acids is 1. The van der Waals surface area contributed by atoms with Gasteiger partial charge in [-0.2, -0.15) is 0 Å². The normalized spacial score (nSPS) is 14.2. The van der Waals surface area contributed by atoms with Crippen LogP contribution >= 0.6 is 0 Å². The quantitative estimate of drug-likeness (QED) is 0.700. The van der Waals surface area contributed by atoms with Gasteiger partial charge >= 0.3 is 0 Å². The van der Waals surface area contributed by atoms with Crippen molar-refractivity contribution in [1.82, 2.24) is 14.6 Å². The third-order valence-corrected chi connectivity index (χ3v) is 5.10. The fourth-order valence-corrected chi connectivity index (χ4v) is 3.49. The Bertz CT molecular complexity index is 846. The van der Waals surface area contributed by atoms with Crippen LogP contribution in [0.4, 0.5) is 14.5 Å². The molecule has 0 aliphatic carbocycles. The predicted octanol–water partition coefficient (Wildman–Crippen LogP) is 2.18. The molecule has 1 unspecified atom stereocenters. The van der Waals surface area contributed by atoms with Crippen molar-refractivity contribution in [3.05, 3.63) is 41.7 Å². The molecule has 1 aliphatic rings. The first-order valence-corrected chi connectivity index (χ1v) is 9.83. The third kappa shape index (κ3) is 5.37. The molecule has 1 aliphatic heterocycles. The lowest BCUT2D eigenvalue weighted by atomic mass is 10.3. The second kappa shape index (κ2) is 10.3. The lowest BCUT2D eigenvalue weighted by Crippen LogP contribution is -2.17. The molecule has 0 spiro atoms. The summed E-state index contributed by atoms with van der Waals surface area (Å²) < 4.78 is 47.2. The number of nitrogens with one attached hydrogen (secondary N) is 3. The zero-order valence-electron chi connectivity index (χ0n) is 16.0. The lowest BCUT2D eigenvalue weighted by molar-refractivity contribution is 0.101. The molecule has 1 saturated heterocycles. The molecule has 2 heterocycles. The van der Waals surface area contributed by atoms with E-state index in [0.717, 1.165) is 12.1 Å². The summed E-state index contributed by atoms with van der Waals surface area (Å²) in [5.41, 5.74) is 0.198. The van der Waals surface area contributed by atoms with Gasteiger partial charge in [-0.15, -0.1) is 0 Å². The van der Waals surface area contributed by atoms with Crippen LogP contribution in [0.1, 0.15) is 23.3 Å². The van der Waals surface area contributed by atoms with E-state index in [1.165, 1.54) is 56.9 Å². The first kappa shape index (κ1) is 22.0. The van der Waals surface area contributed by atoms with E-state index in [4.69, 9.17) is 4.74 Å². The molecule has 154 valence electrons. The number of hydrogen-bond donors (Lipinski definition) is 3. The summed E-state index contributed by atoms with van der Waals surface area (Å²) >= 11 is 0. The largest absolute Gasteiger partial charge is 0.493 e. The molecular weight excluding hydrogens is 390 g/mol. The summed E-state index contributed by atoms with van der Waals surface area (Å²) in [6.45, 7) is 2.50. The van der Waals surface area contributed by atoms with Crippen LogP contribution in [-0.4, -0.2) is 41.9 Å². The van der Waals surface area contributed by atoms with Crippen LogP contribution in [0.15, 0.2) is 29.3 Å². The maximum absolute atomic E-state index is 13.2. The van der Waals surface area contributed by atoms with Crippen LogP contribution in [0.3, 0.4) is 0 Å². The highest BCUT2D eigenvalue weighted by molar-refractivity contribution is 7.83. The van der Waals surface area contributed by atoms with Crippen LogP contribution in [0.5, 0.6) is 5.75 Å². The van der Waals surface area contributed by atoms with E-state index >= 15 is 0 Å². The number of aromatic nitrogens is 1. The van der Waals surface area contributed by atoms with Crippen molar-refractivity contribution >= 4 is 22.6 Å². The Morgan fingerprint density at radius 1 is 1.25 bits per heavy atom. The van der Waals surface area contributed by atoms with Gasteiger partial charge in [0.25, 0.3) is 5.91 Å². The summed E-state index contributed by atoms with van der Waals surface area (Å²) in [5, 5.41) is 5.67. The zero-order valence-corrected chi connectivity index (χ0v) is 16.8. The Kier molecular flexibility index (Phi) is 8.09. The SMILES string of the molecule is C1CCNC1.CNS(=O)c1cn(C)c(C(=O)Nc2ccc(F)c(F)c2)c1OC. The molecule has 10 heteroatoms. The fourth-order valence-electron chi connectivity index (χ4n) is 2.67. The molecule has 2 aromatic rings. The van der Waals surface area contributed by atoms with E-state index in [0.29, 0.717) is 4.90 Å². The average Bonchev–Trinajstić information content (AvgIpc) is 3.35. The number of halogens is 2. The highest BCUT2D eigenvalue weighted by Crippen LogP contribution is 2.29. The smallest absolute Gasteiger partial charge is 0.276 e. The maximum Gasteiger partial charge on any atom is 0.276 e. The van der Waals surface area contributed by atoms with Crippen molar-refractivity contribution in [3.63, 3.8) is 0 Å². The molecule has 3 rings (SSSR count). The molecule has 28 heavy (non-hydrogen) atoms. The van der Waals surface area contributed by atoms with Crippen LogP contribution in [0.2, 0.25) is 0 Å². The van der Waals surface area contributed by atoms with E-state index in [1.54, 1.807) is 7.05 Å². The number of benzene rings is 1. The van der Waals surface area contributed by atoms with Gasteiger partial charge in [0.05, 0.1) is 7.11 Å². The molecule has 1 fully saturated rings. The average molecular weight is 414 g/mol. The minimum Gasteiger partial charge on any atom is -0.493 e. The molecule has 3 N–H and O–H groups in total. The third-order valence-electron chi connectivity index (χ3n) is 4.04. The molecule has 1 amide bonds. The van der Waals surface area contributed by atoms with Gasteiger partial charge in [-0.3, -0.25) is 4.79 Å². The Labute approximate surface area is 165 Å². The van der Waals surface area contributed by atoms with Crippen LogP contribution in [0, 0.1) is 11.6 Å². The molecule has 1 aromatic carbocycles. The van der Waals surface area contributed by atoms with E-state index in [9.17, 15) is 17.8 Å². The van der Waals surface area contributed by atoms with E-state index < -0.39 is 28.5 Å². The summed E-state index contributed by atoms with van der Waals surface area (Å²) in [6.07, 6.45) is 4.27. The monoisotopic (exact) mass is 414 g/mol. The van der Waals surface area contributed by atoms with Gasteiger partial charge in [0.15, 0.2) is 23.1 Å². The van der Waals surface area contributed by atoms with Gasteiger partial charge < -0.3 is 19.9 Å². The van der Waals surface area contributed by atoms with Crippen molar-refractivity contribution in [2.75, 3.05) is 32.6 Å². The second-order valence-electron chi connectivity index (χ2n) is 6.00. The van der Waals surface area contributed by atoms with Gasteiger partial charge in [-0.25, -0.2) is 17.7 Å². The number of amides is 1. The van der Waals surface area contributed by atoms with E-state index in [-0.39, 0.29) is 17.1 Å². The number of carbonyl (C=O) groups is 1. The first-order valence-electron chi connectivity index (χ1n) is 8.68. The van der Waals surface area contributed by atoms with Crippen molar-refractivity contribution in [3.8, 4) is 5.75 Å². The fraction of sp³-hybridized carbons (Fsp3) is 0.389. The van der Waals surface area contributed by atoms with Crippen molar-refractivity contribution < 1.29 is 22.5 Å². The number of aryl methyl sites for hydroxylation is 1. The predicted molar refractivity (Wildman–Crippen MR) is 104 cm³/mol. The summed E-state index contributed by atoms with van der Waals surface area (Å²) in [5.74, 6) is -2.54. The van der Waals surface area contributed by atoms with E-state index in [2.05, 4.69) is 15.4 Å². The van der Waals surface area contributed by atoms with Crippen LogP contribution in [0.25, 0.3) is 0 Å². The van der Waals surface area contributed by atoms with Gasteiger partial charge in [-0.05, 0) is 45.1 Å². The number of ether oxygens (including phenoxy) is 1. The van der Waals surface area contributed by atoms with E-state index in [1.807, 2.05) is 0 Å². The summed E-state index contributed by atoms with van der Waals surface area (Å²) in [7, 11) is 2.89. The Morgan fingerprint density at radius 3 is 2.43 bits per heavy atom. The number of anilines is 1. The van der Waals surface area contributed by atoms with Gasteiger partial charge in [0.2, 0.25) is 0 Å². The number of nitrogens with zero attached hydrogens (tertiary/aromatic N) is 1. The lowest BCUT2D eigenvalue weighted by Gasteiger charge is -2.09. The van der Waals surface area contributed by atoms with Crippen LogP contribution in [-0.2, 0) is 18.0 Å². The summed E-state index contributed by atoms with van der Waals surface area (Å²) in [6, 6.07) is 3.02. The minimum atomic E-state index is -1.55. The highest BCUT2D eigenvalue weighted by atomic mass is 32.2. The van der Waals surface area contributed by atoms with Crippen molar-refractivity contribution in [2.45, 2.75) is 17.7 Å². The van der Waals surface area contributed by atoms with Crippen molar-refractivity contribution in [1.29, 1.82) is 0 Å². The van der Waals surface area contributed by atoms with Gasteiger partial charge in [-0.1, -0.05) is 0 Å². The number of methoxy groups -OCH3 is 1.